The van der Waals surface area contributed by atoms with Crippen molar-refractivity contribution in [2.75, 3.05) is 0 Å². The lowest BCUT2D eigenvalue weighted by Gasteiger charge is -2.64. The maximum absolute atomic E-state index is 13.4. The molecule has 0 aromatic carbocycles. The van der Waals surface area contributed by atoms with Crippen LogP contribution in [0.1, 0.15) is 80.6 Å². The molecule has 0 heterocycles. The highest BCUT2D eigenvalue weighted by atomic mass is 16.6. The van der Waals surface area contributed by atoms with Crippen LogP contribution in [0.3, 0.4) is 0 Å². The number of ether oxygens (including phenoxy) is 4. The van der Waals surface area contributed by atoms with Crippen LogP contribution in [0.25, 0.3) is 0 Å². The second kappa shape index (κ2) is 9.70. The maximum Gasteiger partial charge on any atom is 0.303 e. The third-order valence-electron chi connectivity index (χ3n) is 10.2. The van der Waals surface area contributed by atoms with Crippen molar-refractivity contribution >= 4 is 29.7 Å². The average Bonchev–Trinajstić information content (AvgIpc) is 3.03. The van der Waals surface area contributed by atoms with Gasteiger partial charge in [-0.1, -0.05) is 20.8 Å². The maximum atomic E-state index is 13.4. The fraction of sp³-hybridized carbons (Fsp3) is 0.821. The first kappa shape index (κ1) is 27.6. The van der Waals surface area contributed by atoms with Crippen molar-refractivity contribution in [3.8, 4) is 0 Å². The molecular weight excluding hydrogens is 480 g/mol. The van der Waals surface area contributed by atoms with E-state index in [1.807, 2.05) is 13.8 Å². The third-order valence-corrected chi connectivity index (χ3v) is 10.2. The van der Waals surface area contributed by atoms with Gasteiger partial charge in [-0.05, 0) is 55.8 Å². The van der Waals surface area contributed by atoms with Crippen molar-refractivity contribution in [3.63, 3.8) is 0 Å². The van der Waals surface area contributed by atoms with Crippen molar-refractivity contribution < 1.29 is 42.9 Å². The number of rotatable bonds is 4. The van der Waals surface area contributed by atoms with Crippen LogP contribution in [0.4, 0.5) is 0 Å². The Labute approximate surface area is 218 Å². The first-order valence-electron chi connectivity index (χ1n) is 13.4. The van der Waals surface area contributed by atoms with Gasteiger partial charge in [-0.2, -0.15) is 0 Å². The van der Waals surface area contributed by atoms with Gasteiger partial charge in [0.15, 0.2) is 18.0 Å². The fourth-order valence-corrected chi connectivity index (χ4v) is 8.85. The van der Waals surface area contributed by atoms with Crippen molar-refractivity contribution in [2.24, 2.45) is 40.4 Å². The van der Waals surface area contributed by atoms with Gasteiger partial charge in [0.05, 0.1) is 0 Å². The highest BCUT2D eigenvalue weighted by Crippen LogP contribution is 2.67. The molecule has 9 nitrogen and oxygen atoms in total. The summed E-state index contributed by atoms with van der Waals surface area (Å²) in [6, 6.07) is 0. The molecule has 11 atom stereocenters. The summed E-state index contributed by atoms with van der Waals surface area (Å²) in [6.45, 7) is 11.4. The first-order valence-corrected chi connectivity index (χ1v) is 13.4. The average molecular weight is 521 g/mol. The molecule has 0 saturated heterocycles. The number of fused-ring (bicyclic) bond motifs is 5. The SMILES string of the molecule is CC(=O)OC1CC2C3CCC4C(C)C(OC(C)=O)C(OC(C)=O)C(OC(C)=O)C4(C)C3CCC2(C)C1=O. The van der Waals surface area contributed by atoms with E-state index in [1.54, 1.807) is 0 Å². The van der Waals surface area contributed by atoms with Gasteiger partial charge < -0.3 is 18.9 Å². The summed E-state index contributed by atoms with van der Waals surface area (Å²) < 4.78 is 22.9. The summed E-state index contributed by atoms with van der Waals surface area (Å²) in [7, 11) is 0. The van der Waals surface area contributed by atoms with Crippen molar-refractivity contribution in [1.29, 1.82) is 0 Å². The summed E-state index contributed by atoms with van der Waals surface area (Å²) in [4.78, 5) is 61.7. The van der Waals surface area contributed by atoms with Crippen molar-refractivity contribution in [1.82, 2.24) is 0 Å². The Balaban J connectivity index is 1.76. The van der Waals surface area contributed by atoms with Crippen LogP contribution in [-0.4, -0.2) is 54.1 Å². The van der Waals surface area contributed by atoms with Crippen LogP contribution in [0.5, 0.6) is 0 Å². The van der Waals surface area contributed by atoms with E-state index in [-0.39, 0.29) is 35.4 Å². The molecule has 37 heavy (non-hydrogen) atoms. The minimum atomic E-state index is -0.937. The number of esters is 4. The summed E-state index contributed by atoms with van der Waals surface area (Å²) in [5.41, 5.74) is -1.15. The molecule has 0 radical (unpaired) electrons. The van der Waals surface area contributed by atoms with Gasteiger partial charge in [0.2, 0.25) is 0 Å². The predicted molar refractivity (Wildman–Crippen MR) is 130 cm³/mol. The molecule has 11 unspecified atom stereocenters. The normalized spacial score (nSPS) is 44.5. The lowest BCUT2D eigenvalue weighted by molar-refractivity contribution is -0.258. The largest absolute Gasteiger partial charge is 0.458 e. The summed E-state index contributed by atoms with van der Waals surface area (Å²) >= 11 is 0. The Hall–Kier alpha value is -2.45. The molecule has 206 valence electrons. The van der Waals surface area contributed by atoms with Crippen molar-refractivity contribution in [3.05, 3.63) is 0 Å². The number of ketones is 1. The van der Waals surface area contributed by atoms with Crippen LogP contribution >= 0.6 is 0 Å². The quantitative estimate of drug-likeness (QED) is 0.405. The minimum Gasteiger partial charge on any atom is -0.458 e. The molecule has 4 fully saturated rings. The van der Waals surface area contributed by atoms with Crippen LogP contribution in [0.2, 0.25) is 0 Å². The van der Waals surface area contributed by atoms with Crippen LogP contribution < -0.4 is 0 Å². The monoisotopic (exact) mass is 520 g/mol. The zero-order valence-corrected chi connectivity index (χ0v) is 22.9. The lowest BCUT2D eigenvalue weighted by Crippen LogP contribution is -2.68. The van der Waals surface area contributed by atoms with E-state index in [9.17, 15) is 24.0 Å². The molecule has 0 amide bonds. The third kappa shape index (κ3) is 4.46. The Bertz CT molecular complexity index is 990. The molecule has 0 aromatic rings. The number of Topliss-reactive ketones (excluding diaryl/α,β-unsaturated/α-hetero) is 1. The van der Waals surface area contributed by atoms with E-state index < -0.39 is 59.1 Å². The fourth-order valence-electron chi connectivity index (χ4n) is 8.85. The Morgan fingerprint density at radius 2 is 1.30 bits per heavy atom. The summed E-state index contributed by atoms with van der Waals surface area (Å²) in [5, 5.41) is 0. The Morgan fingerprint density at radius 3 is 1.86 bits per heavy atom. The van der Waals surface area contributed by atoms with Gasteiger partial charge in [0.1, 0.15) is 12.2 Å². The number of hydrogen-bond donors (Lipinski definition) is 0. The van der Waals surface area contributed by atoms with Gasteiger partial charge in [0.25, 0.3) is 0 Å². The standard InChI is InChI=1S/C28H40O9/c1-13-19-9-8-18-20(10-11-27(6)21(18)12-22(25(27)33)34-14(2)29)28(19,7)26(37-17(5)32)24(36-16(4)31)23(13)35-15(3)30/h13,18-24,26H,8-12H2,1-7H3. The van der Waals surface area contributed by atoms with Crippen LogP contribution in [0.15, 0.2) is 0 Å². The van der Waals surface area contributed by atoms with E-state index >= 15 is 0 Å². The van der Waals surface area contributed by atoms with Crippen LogP contribution in [-0.2, 0) is 42.9 Å². The zero-order chi connectivity index (χ0) is 27.4. The Morgan fingerprint density at radius 1 is 0.730 bits per heavy atom. The molecule has 0 aliphatic heterocycles. The van der Waals surface area contributed by atoms with Gasteiger partial charge in [-0.25, -0.2) is 0 Å². The smallest absolute Gasteiger partial charge is 0.303 e. The highest BCUT2D eigenvalue weighted by Gasteiger charge is 2.69. The van der Waals surface area contributed by atoms with Gasteiger partial charge in [0, 0.05) is 44.4 Å². The predicted octanol–water partition coefficient (Wildman–Crippen LogP) is 3.40. The number of carbonyl (C=O) groups is 5. The molecule has 4 aliphatic carbocycles. The molecule has 0 spiro atoms. The van der Waals surface area contributed by atoms with Gasteiger partial charge >= 0.3 is 23.9 Å². The molecular formula is C28H40O9. The molecule has 4 saturated carbocycles. The molecule has 0 N–H and O–H groups in total. The Kier molecular flexibility index (Phi) is 7.23. The first-order chi connectivity index (χ1) is 17.2. The van der Waals surface area contributed by atoms with E-state index in [2.05, 4.69) is 6.92 Å². The summed E-state index contributed by atoms with van der Waals surface area (Å²) in [5.74, 6) is -1.80. The van der Waals surface area contributed by atoms with Gasteiger partial charge in [-0.15, -0.1) is 0 Å². The van der Waals surface area contributed by atoms with E-state index in [0.717, 1.165) is 19.3 Å². The van der Waals surface area contributed by atoms with E-state index in [4.69, 9.17) is 18.9 Å². The molecule has 0 bridgehead atoms. The van der Waals surface area contributed by atoms with E-state index in [1.165, 1.54) is 27.7 Å². The summed E-state index contributed by atoms with van der Waals surface area (Å²) in [6.07, 6.45) is 0.319. The highest BCUT2D eigenvalue weighted by molar-refractivity contribution is 5.92. The molecule has 0 aromatic heterocycles. The second-order valence-electron chi connectivity index (χ2n) is 12.1. The van der Waals surface area contributed by atoms with Crippen molar-refractivity contribution in [2.45, 2.75) is 105 Å². The zero-order valence-electron chi connectivity index (χ0n) is 22.9. The van der Waals surface area contributed by atoms with Crippen LogP contribution in [0, 0.1) is 40.4 Å². The number of carbonyl (C=O) groups excluding carboxylic acids is 5. The molecule has 4 aliphatic rings. The lowest BCUT2D eigenvalue weighted by atomic mass is 9.42. The van der Waals surface area contributed by atoms with E-state index in [0.29, 0.717) is 12.8 Å². The molecule has 4 rings (SSSR count). The topological polar surface area (TPSA) is 122 Å². The number of hydrogen-bond acceptors (Lipinski definition) is 9. The minimum absolute atomic E-state index is 0.000290. The molecule has 9 heteroatoms. The second-order valence-corrected chi connectivity index (χ2v) is 12.1. The van der Waals surface area contributed by atoms with Gasteiger partial charge in [-0.3, -0.25) is 24.0 Å².